The number of carbonyl (C=O) groups excluding carboxylic acids is 1. The van der Waals surface area contributed by atoms with Gasteiger partial charge in [0.2, 0.25) is 0 Å². The van der Waals surface area contributed by atoms with Crippen LogP contribution in [-0.4, -0.2) is 31.3 Å². The summed E-state index contributed by atoms with van der Waals surface area (Å²) < 4.78 is 0. The molecule has 0 heterocycles. The van der Waals surface area contributed by atoms with Crippen LogP contribution >= 0.6 is 0 Å². The highest BCUT2D eigenvalue weighted by molar-refractivity contribution is 6.11. The first-order valence-electron chi connectivity index (χ1n) is 7.75. The molecular formula is C20H16O6. The Morgan fingerprint density at radius 2 is 1.35 bits per heavy atom. The second-order valence-corrected chi connectivity index (χ2v) is 5.85. The standard InChI is InChI=1S/C20H16O6/c21-15-10-16(22)14(7-12(15)6-11-4-2-1-3-5-11)19(25)13-8-17(23)20(26)18(24)9-13/h1-5,7-10,21-24,26H,6H2. The van der Waals surface area contributed by atoms with Gasteiger partial charge in [-0.15, -0.1) is 0 Å². The minimum absolute atomic E-state index is 0.0989. The third-order valence-corrected chi connectivity index (χ3v) is 4.01. The fraction of sp³-hybridized carbons (Fsp3) is 0.0500. The molecule has 6 nitrogen and oxygen atoms in total. The van der Waals surface area contributed by atoms with E-state index in [1.54, 1.807) is 0 Å². The molecule has 3 aromatic rings. The van der Waals surface area contributed by atoms with Crippen molar-refractivity contribution < 1.29 is 30.3 Å². The molecule has 3 aromatic carbocycles. The summed E-state index contributed by atoms with van der Waals surface area (Å²) in [7, 11) is 0. The first-order chi connectivity index (χ1) is 12.4. The summed E-state index contributed by atoms with van der Waals surface area (Å²) in [5.74, 6) is -3.31. The van der Waals surface area contributed by atoms with Gasteiger partial charge in [0.15, 0.2) is 23.0 Å². The molecule has 0 fully saturated rings. The summed E-state index contributed by atoms with van der Waals surface area (Å²) in [5.41, 5.74) is 1.12. The lowest BCUT2D eigenvalue weighted by atomic mass is 9.96. The number of hydrogen-bond donors (Lipinski definition) is 5. The number of carbonyl (C=O) groups is 1. The molecule has 0 aliphatic heterocycles. The maximum atomic E-state index is 12.7. The average Bonchev–Trinajstić information content (AvgIpc) is 2.62. The number of hydrogen-bond acceptors (Lipinski definition) is 6. The lowest BCUT2D eigenvalue weighted by molar-refractivity contribution is 0.103. The molecule has 6 heteroatoms. The predicted molar refractivity (Wildman–Crippen MR) is 93.9 cm³/mol. The van der Waals surface area contributed by atoms with Gasteiger partial charge in [0.1, 0.15) is 11.5 Å². The van der Waals surface area contributed by atoms with Crippen molar-refractivity contribution in [2.24, 2.45) is 0 Å². The molecule has 0 saturated carbocycles. The average molecular weight is 352 g/mol. The molecule has 0 aromatic heterocycles. The van der Waals surface area contributed by atoms with E-state index in [0.29, 0.717) is 12.0 Å². The smallest absolute Gasteiger partial charge is 0.200 e. The quantitative estimate of drug-likeness (QED) is 0.364. The van der Waals surface area contributed by atoms with Crippen molar-refractivity contribution in [3.05, 3.63) is 76.9 Å². The third-order valence-electron chi connectivity index (χ3n) is 4.01. The highest BCUT2D eigenvalue weighted by atomic mass is 16.3. The SMILES string of the molecule is O=C(c1cc(O)c(O)c(O)c1)c1cc(Cc2ccccc2)c(O)cc1O. The van der Waals surface area contributed by atoms with Crippen molar-refractivity contribution in [1.29, 1.82) is 0 Å². The zero-order chi connectivity index (χ0) is 18.8. The van der Waals surface area contributed by atoms with Gasteiger partial charge in [-0.25, -0.2) is 0 Å². The summed E-state index contributed by atoms with van der Waals surface area (Å²) in [5, 5.41) is 48.7. The minimum Gasteiger partial charge on any atom is -0.508 e. The van der Waals surface area contributed by atoms with Gasteiger partial charge < -0.3 is 25.5 Å². The molecule has 0 unspecified atom stereocenters. The highest BCUT2D eigenvalue weighted by Crippen LogP contribution is 2.37. The van der Waals surface area contributed by atoms with Gasteiger partial charge in [0, 0.05) is 18.1 Å². The Morgan fingerprint density at radius 1 is 0.731 bits per heavy atom. The summed E-state index contributed by atoms with van der Waals surface area (Å²) in [6.07, 6.45) is 0.347. The third kappa shape index (κ3) is 3.25. The number of benzene rings is 3. The molecule has 0 radical (unpaired) electrons. The Hall–Kier alpha value is -3.67. The maximum absolute atomic E-state index is 12.7. The molecule has 26 heavy (non-hydrogen) atoms. The summed E-state index contributed by atoms with van der Waals surface area (Å²) >= 11 is 0. The van der Waals surface area contributed by atoms with E-state index >= 15 is 0 Å². The van der Waals surface area contributed by atoms with Gasteiger partial charge in [-0.1, -0.05) is 30.3 Å². The fourth-order valence-electron chi connectivity index (χ4n) is 2.65. The van der Waals surface area contributed by atoms with E-state index in [1.165, 1.54) is 6.07 Å². The monoisotopic (exact) mass is 352 g/mol. The van der Waals surface area contributed by atoms with Crippen LogP contribution in [0.5, 0.6) is 28.7 Å². The Labute approximate surface area is 148 Å². The van der Waals surface area contributed by atoms with Crippen LogP contribution in [0.2, 0.25) is 0 Å². The van der Waals surface area contributed by atoms with Gasteiger partial charge in [0.05, 0.1) is 5.56 Å². The fourth-order valence-corrected chi connectivity index (χ4v) is 2.65. The van der Waals surface area contributed by atoms with E-state index in [9.17, 15) is 30.3 Å². The maximum Gasteiger partial charge on any atom is 0.200 e. The topological polar surface area (TPSA) is 118 Å². The number of phenolic OH excluding ortho intramolecular Hbond substituents is 5. The van der Waals surface area contributed by atoms with Crippen LogP contribution in [0.25, 0.3) is 0 Å². The molecular weight excluding hydrogens is 336 g/mol. The van der Waals surface area contributed by atoms with Gasteiger partial charge in [-0.3, -0.25) is 4.79 Å². The van der Waals surface area contributed by atoms with Crippen molar-refractivity contribution in [2.45, 2.75) is 6.42 Å². The zero-order valence-electron chi connectivity index (χ0n) is 13.5. The van der Waals surface area contributed by atoms with Crippen LogP contribution in [0.15, 0.2) is 54.6 Å². The second-order valence-electron chi connectivity index (χ2n) is 5.85. The van der Waals surface area contributed by atoms with E-state index in [0.717, 1.165) is 23.8 Å². The summed E-state index contributed by atoms with van der Waals surface area (Å²) in [4.78, 5) is 12.7. The van der Waals surface area contributed by atoms with E-state index in [2.05, 4.69) is 0 Å². The van der Waals surface area contributed by atoms with Crippen molar-refractivity contribution in [3.63, 3.8) is 0 Å². The van der Waals surface area contributed by atoms with Crippen LogP contribution in [0.1, 0.15) is 27.0 Å². The Bertz CT molecular complexity index is 956. The van der Waals surface area contributed by atoms with Gasteiger partial charge in [0.25, 0.3) is 0 Å². The minimum atomic E-state index is -0.735. The molecule has 0 spiro atoms. The van der Waals surface area contributed by atoms with E-state index in [1.807, 2.05) is 30.3 Å². The van der Waals surface area contributed by atoms with E-state index < -0.39 is 28.8 Å². The normalized spacial score (nSPS) is 10.6. The Morgan fingerprint density at radius 3 is 1.96 bits per heavy atom. The van der Waals surface area contributed by atoms with E-state index in [-0.39, 0.29) is 16.9 Å². The first-order valence-corrected chi connectivity index (χ1v) is 7.75. The van der Waals surface area contributed by atoms with Crippen LogP contribution in [0.3, 0.4) is 0 Å². The van der Waals surface area contributed by atoms with Gasteiger partial charge in [-0.2, -0.15) is 0 Å². The lowest BCUT2D eigenvalue weighted by Crippen LogP contribution is -2.03. The Kier molecular flexibility index (Phi) is 4.41. The molecule has 0 bridgehead atoms. The van der Waals surface area contributed by atoms with Crippen molar-refractivity contribution in [3.8, 4) is 28.7 Å². The predicted octanol–water partition coefficient (Wildman–Crippen LogP) is 3.04. The number of phenols is 5. The molecule has 0 aliphatic carbocycles. The van der Waals surface area contributed by atoms with Crippen molar-refractivity contribution >= 4 is 5.78 Å². The number of ketones is 1. The Balaban J connectivity index is 2.02. The highest BCUT2D eigenvalue weighted by Gasteiger charge is 2.20. The zero-order valence-corrected chi connectivity index (χ0v) is 13.5. The molecule has 0 atom stereocenters. The molecule has 0 aliphatic rings. The molecule has 132 valence electrons. The first kappa shape index (κ1) is 17.2. The molecule has 0 amide bonds. The lowest BCUT2D eigenvalue weighted by Gasteiger charge is -2.11. The number of rotatable bonds is 4. The van der Waals surface area contributed by atoms with Gasteiger partial charge >= 0.3 is 0 Å². The van der Waals surface area contributed by atoms with Gasteiger partial charge in [-0.05, 0) is 29.3 Å². The number of aromatic hydroxyl groups is 5. The second kappa shape index (κ2) is 6.68. The molecule has 5 N–H and O–H groups in total. The molecule has 0 saturated heterocycles. The van der Waals surface area contributed by atoms with E-state index in [4.69, 9.17) is 0 Å². The van der Waals surface area contributed by atoms with Crippen LogP contribution in [0, 0.1) is 0 Å². The van der Waals surface area contributed by atoms with Crippen LogP contribution in [0.4, 0.5) is 0 Å². The summed E-state index contributed by atoms with van der Waals surface area (Å²) in [6, 6.07) is 13.7. The largest absolute Gasteiger partial charge is 0.508 e. The summed E-state index contributed by atoms with van der Waals surface area (Å²) in [6.45, 7) is 0. The van der Waals surface area contributed by atoms with Crippen molar-refractivity contribution in [2.75, 3.05) is 0 Å². The van der Waals surface area contributed by atoms with Crippen LogP contribution in [-0.2, 0) is 6.42 Å². The molecule has 3 rings (SSSR count). The van der Waals surface area contributed by atoms with Crippen LogP contribution < -0.4 is 0 Å². The van der Waals surface area contributed by atoms with Crippen molar-refractivity contribution in [1.82, 2.24) is 0 Å².